The van der Waals surface area contributed by atoms with Crippen LogP contribution in [0.5, 0.6) is 0 Å². The smallest absolute Gasteiger partial charge is 0.276 e. The van der Waals surface area contributed by atoms with Gasteiger partial charge in [0, 0.05) is 11.4 Å². The number of carbonyl (C=O) groups is 2. The number of hydroxylamine groups is 2. The van der Waals surface area contributed by atoms with Crippen molar-refractivity contribution in [2.75, 3.05) is 11.5 Å². The second-order valence-corrected chi connectivity index (χ2v) is 2.91. The van der Waals surface area contributed by atoms with Gasteiger partial charge >= 0.3 is 0 Å². The van der Waals surface area contributed by atoms with Crippen LogP contribution in [0, 0.1) is 0 Å². The highest BCUT2D eigenvalue weighted by Gasteiger charge is 2.15. The molecule has 2 amide bonds. The third-order valence-corrected chi connectivity index (χ3v) is 1.91. The number of benzene rings is 1. The molecule has 0 aliphatic heterocycles. The van der Waals surface area contributed by atoms with Crippen molar-refractivity contribution in [3.8, 4) is 0 Å². The van der Waals surface area contributed by atoms with Crippen molar-refractivity contribution in [3.63, 3.8) is 0 Å². The fourth-order valence-electron chi connectivity index (χ4n) is 1.15. The Morgan fingerprint density at radius 1 is 0.938 bits per heavy atom. The monoisotopic (exact) mass is 226 g/mol. The summed E-state index contributed by atoms with van der Waals surface area (Å²) in [6.45, 7) is 0. The molecule has 1 rings (SSSR count). The number of anilines is 2. The predicted molar refractivity (Wildman–Crippen MR) is 53.8 cm³/mol. The van der Waals surface area contributed by atoms with E-state index in [4.69, 9.17) is 21.9 Å². The molecule has 0 heterocycles. The summed E-state index contributed by atoms with van der Waals surface area (Å²) in [6, 6.07) is 2.23. The van der Waals surface area contributed by atoms with E-state index >= 15 is 0 Å². The Kier molecular flexibility index (Phi) is 3.28. The zero-order valence-electron chi connectivity index (χ0n) is 8.02. The molecule has 0 aliphatic carbocycles. The maximum absolute atomic E-state index is 11.1. The molecule has 0 aromatic heterocycles. The molecule has 0 unspecified atom stereocenters. The van der Waals surface area contributed by atoms with Gasteiger partial charge in [-0.2, -0.15) is 0 Å². The van der Waals surface area contributed by atoms with Crippen molar-refractivity contribution in [1.29, 1.82) is 0 Å². The minimum atomic E-state index is -0.847. The number of nitrogens with one attached hydrogen (secondary N) is 2. The number of carbonyl (C=O) groups excluding carboxylic acids is 2. The van der Waals surface area contributed by atoms with Gasteiger partial charge in [0.2, 0.25) is 0 Å². The van der Waals surface area contributed by atoms with Crippen LogP contribution in [0.15, 0.2) is 12.1 Å². The van der Waals surface area contributed by atoms with Crippen molar-refractivity contribution in [2.24, 2.45) is 0 Å². The van der Waals surface area contributed by atoms with E-state index in [-0.39, 0.29) is 22.5 Å². The van der Waals surface area contributed by atoms with E-state index in [0.717, 1.165) is 12.1 Å². The van der Waals surface area contributed by atoms with Gasteiger partial charge in [0.25, 0.3) is 11.8 Å². The van der Waals surface area contributed by atoms with E-state index in [9.17, 15) is 9.59 Å². The number of nitrogen functional groups attached to an aromatic ring is 2. The van der Waals surface area contributed by atoms with E-state index in [1.54, 1.807) is 0 Å². The van der Waals surface area contributed by atoms with E-state index in [0.29, 0.717) is 0 Å². The Balaban J connectivity index is 3.27. The average molecular weight is 226 g/mol. The summed E-state index contributed by atoms with van der Waals surface area (Å²) in [5.41, 5.74) is 13.5. The largest absolute Gasteiger partial charge is 0.398 e. The van der Waals surface area contributed by atoms with Crippen LogP contribution in [0.4, 0.5) is 11.4 Å². The topological polar surface area (TPSA) is 151 Å². The zero-order valence-corrected chi connectivity index (χ0v) is 8.02. The van der Waals surface area contributed by atoms with Crippen LogP contribution in [-0.2, 0) is 0 Å². The van der Waals surface area contributed by atoms with Crippen LogP contribution in [0.1, 0.15) is 20.7 Å². The summed E-state index contributed by atoms with van der Waals surface area (Å²) in [7, 11) is 0. The Morgan fingerprint density at radius 3 is 1.50 bits per heavy atom. The third kappa shape index (κ3) is 2.02. The molecule has 0 atom stereocenters. The second kappa shape index (κ2) is 4.47. The summed E-state index contributed by atoms with van der Waals surface area (Å²) in [5.74, 6) is -1.69. The maximum Gasteiger partial charge on any atom is 0.276 e. The first-order valence-electron chi connectivity index (χ1n) is 4.09. The van der Waals surface area contributed by atoms with E-state index in [2.05, 4.69) is 0 Å². The van der Waals surface area contributed by atoms with Gasteiger partial charge in [-0.1, -0.05) is 0 Å². The molecular weight excluding hydrogens is 216 g/mol. The van der Waals surface area contributed by atoms with Gasteiger partial charge < -0.3 is 11.5 Å². The Hall–Kier alpha value is -2.32. The number of hydrogen-bond acceptors (Lipinski definition) is 6. The second-order valence-electron chi connectivity index (χ2n) is 2.91. The summed E-state index contributed by atoms with van der Waals surface area (Å²) >= 11 is 0. The van der Waals surface area contributed by atoms with Crippen LogP contribution in [0.3, 0.4) is 0 Å². The quantitative estimate of drug-likeness (QED) is 0.218. The Labute approximate surface area is 89.8 Å². The van der Waals surface area contributed by atoms with E-state index < -0.39 is 11.8 Å². The Morgan fingerprint density at radius 2 is 1.25 bits per heavy atom. The first kappa shape index (κ1) is 11.8. The lowest BCUT2D eigenvalue weighted by atomic mass is 10.1. The average Bonchev–Trinajstić information content (AvgIpc) is 2.29. The molecule has 86 valence electrons. The van der Waals surface area contributed by atoms with Crippen molar-refractivity contribution in [1.82, 2.24) is 11.0 Å². The molecule has 0 spiro atoms. The normalized spacial score (nSPS) is 9.62. The molecule has 0 saturated carbocycles. The van der Waals surface area contributed by atoms with Gasteiger partial charge in [-0.15, -0.1) is 0 Å². The fraction of sp³-hybridized carbons (Fsp3) is 0. The fourth-order valence-corrected chi connectivity index (χ4v) is 1.15. The minimum Gasteiger partial charge on any atom is -0.398 e. The number of hydrogen-bond donors (Lipinski definition) is 6. The maximum atomic E-state index is 11.1. The van der Waals surface area contributed by atoms with Crippen LogP contribution in [0.25, 0.3) is 0 Å². The van der Waals surface area contributed by atoms with Crippen molar-refractivity contribution in [3.05, 3.63) is 23.3 Å². The minimum absolute atomic E-state index is 0.0562. The molecule has 8 nitrogen and oxygen atoms in total. The highest BCUT2D eigenvalue weighted by molar-refractivity contribution is 6.05. The lowest BCUT2D eigenvalue weighted by Gasteiger charge is -2.08. The number of rotatable bonds is 2. The summed E-state index contributed by atoms with van der Waals surface area (Å²) < 4.78 is 0. The summed E-state index contributed by atoms with van der Waals surface area (Å²) in [4.78, 5) is 22.2. The highest BCUT2D eigenvalue weighted by Crippen LogP contribution is 2.21. The standard InChI is InChI=1S/C8H10N4O4/c9-5-1-3(7(13)11-15)6(10)2-4(5)8(14)12-16/h1-2,15-16H,9-10H2,(H,11,13)(H,12,14). The van der Waals surface area contributed by atoms with Gasteiger partial charge in [0.05, 0.1) is 11.1 Å². The molecule has 1 aromatic carbocycles. The van der Waals surface area contributed by atoms with E-state index in [1.807, 2.05) is 0 Å². The molecule has 16 heavy (non-hydrogen) atoms. The van der Waals surface area contributed by atoms with Crippen LogP contribution in [0.2, 0.25) is 0 Å². The molecule has 0 aliphatic rings. The first-order valence-corrected chi connectivity index (χ1v) is 4.09. The van der Waals surface area contributed by atoms with Gasteiger partial charge in [-0.3, -0.25) is 20.0 Å². The van der Waals surface area contributed by atoms with Gasteiger partial charge in [-0.25, -0.2) is 11.0 Å². The highest BCUT2D eigenvalue weighted by atomic mass is 16.5. The number of amides is 2. The van der Waals surface area contributed by atoms with Gasteiger partial charge in [0.1, 0.15) is 0 Å². The van der Waals surface area contributed by atoms with Crippen molar-refractivity contribution in [2.45, 2.75) is 0 Å². The van der Waals surface area contributed by atoms with Crippen LogP contribution < -0.4 is 22.4 Å². The molecule has 0 fully saturated rings. The SMILES string of the molecule is Nc1cc(C(=O)NO)c(N)cc1C(=O)NO. The van der Waals surface area contributed by atoms with Crippen LogP contribution in [-0.4, -0.2) is 22.2 Å². The van der Waals surface area contributed by atoms with Crippen molar-refractivity contribution < 1.29 is 20.0 Å². The lowest BCUT2D eigenvalue weighted by molar-refractivity contribution is 0.0699. The lowest BCUT2D eigenvalue weighted by Crippen LogP contribution is -2.23. The third-order valence-electron chi connectivity index (χ3n) is 1.91. The molecule has 0 radical (unpaired) electrons. The predicted octanol–water partition coefficient (Wildman–Crippen LogP) is -0.911. The van der Waals surface area contributed by atoms with Crippen molar-refractivity contribution >= 4 is 23.2 Å². The van der Waals surface area contributed by atoms with Gasteiger partial charge in [0.15, 0.2) is 0 Å². The first-order chi connectivity index (χ1) is 7.51. The number of nitrogens with two attached hydrogens (primary N) is 2. The summed E-state index contributed by atoms with van der Waals surface area (Å²) in [5, 5.41) is 16.8. The molecule has 8 heteroatoms. The molecular formula is C8H10N4O4. The van der Waals surface area contributed by atoms with E-state index in [1.165, 1.54) is 11.0 Å². The molecule has 0 bridgehead atoms. The Bertz CT molecular complexity index is 404. The molecule has 0 saturated heterocycles. The van der Waals surface area contributed by atoms with Gasteiger partial charge in [-0.05, 0) is 12.1 Å². The zero-order chi connectivity index (χ0) is 12.3. The molecule has 1 aromatic rings. The summed E-state index contributed by atoms with van der Waals surface area (Å²) in [6.07, 6.45) is 0. The van der Waals surface area contributed by atoms with Crippen LogP contribution >= 0.6 is 0 Å². The molecule has 8 N–H and O–H groups in total.